The standard InChI is InChI=1S/C29H23N2OP/c1-3-11-27-29(30-2)28-25(17-10-19-31-28)24-16-7-8-18-26(24)33(27,32)23-15-9-14-22(20-23)21-12-5-4-6-13-21/h3-20H,2H2,1H3/b11-3-. The van der Waals surface area contributed by atoms with Crippen molar-refractivity contribution in [3.05, 3.63) is 120 Å². The van der Waals surface area contributed by atoms with Crippen LogP contribution in [0.4, 0.5) is 0 Å². The molecule has 0 saturated heterocycles. The first kappa shape index (κ1) is 21.1. The molecule has 4 heteroatoms. The fourth-order valence-electron chi connectivity index (χ4n) is 4.48. The average molecular weight is 446 g/mol. The van der Waals surface area contributed by atoms with Gasteiger partial charge in [0.1, 0.15) is 0 Å². The summed E-state index contributed by atoms with van der Waals surface area (Å²) < 4.78 is 15.4. The molecule has 1 aliphatic rings. The molecule has 1 atom stereocenters. The minimum atomic E-state index is -3.31. The van der Waals surface area contributed by atoms with Crippen molar-refractivity contribution < 1.29 is 4.57 Å². The van der Waals surface area contributed by atoms with Crippen LogP contribution in [0.25, 0.3) is 28.0 Å². The lowest BCUT2D eigenvalue weighted by atomic mass is 10.0. The number of hydrogen-bond acceptors (Lipinski definition) is 3. The van der Waals surface area contributed by atoms with Gasteiger partial charge in [-0.3, -0.25) is 9.98 Å². The number of pyridine rings is 1. The van der Waals surface area contributed by atoms with Crippen molar-refractivity contribution in [3.63, 3.8) is 0 Å². The highest BCUT2D eigenvalue weighted by Crippen LogP contribution is 2.59. The Morgan fingerprint density at radius 3 is 2.36 bits per heavy atom. The molecule has 0 spiro atoms. The maximum absolute atomic E-state index is 15.4. The Kier molecular flexibility index (Phi) is 5.50. The number of allylic oxidation sites excluding steroid dienone is 3. The zero-order chi connectivity index (χ0) is 22.8. The SMILES string of the molecule is C=NC1=C(/C=C\C)P(=O)(c2cccc(-c3ccccc3)c2)c2ccccc2-c2cccnc21. The van der Waals surface area contributed by atoms with Crippen LogP contribution in [0.15, 0.2) is 120 Å². The molecule has 0 aliphatic carbocycles. The minimum Gasteiger partial charge on any atom is -0.309 e. The highest BCUT2D eigenvalue weighted by molar-refractivity contribution is 7.83. The highest BCUT2D eigenvalue weighted by atomic mass is 31.2. The Morgan fingerprint density at radius 1 is 0.848 bits per heavy atom. The summed E-state index contributed by atoms with van der Waals surface area (Å²) in [6.45, 7) is 5.77. The van der Waals surface area contributed by atoms with Crippen molar-refractivity contribution in [1.29, 1.82) is 0 Å². The molecule has 2 heterocycles. The normalized spacial score (nSPS) is 17.4. The van der Waals surface area contributed by atoms with E-state index in [-0.39, 0.29) is 0 Å². The average Bonchev–Trinajstić information content (AvgIpc) is 2.97. The van der Waals surface area contributed by atoms with E-state index in [4.69, 9.17) is 0 Å². The van der Waals surface area contributed by atoms with Gasteiger partial charge in [0, 0.05) is 27.7 Å². The van der Waals surface area contributed by atoms with Gasteiger partial charge in [0.15, 0.2) is 7.14 Å². The topological polar surface area (TPSA) is 42.3 Å². The predicted molar refractivity (Wildman–Crippen MR) is 140 cm³/mol. The summed E-state index contributed by atoms with van der Waals surface area (Å²) in [5, 5.41) is 2.20. The summed E-state index contributed by atoms with van der Waals surface area (Å²) in [7, 11) is -3.31. The largest absolute Gasteiger partial charge is 0.309 e. The van der Waals surface area contributed by atoms with Gasteiger partial charge >= 0.3 is 0 Å². The van der Waals surface area contributed by atoms with Gasteiger partial charge in [0.25, 0.3) is 0 Å². The van der Waals surface area contributed by atoms with E-state index in [1.807, 2.05) is 91.9 Å². The van der Waals surface area contributed by atoms with Gasteiger partial charge in [-0.15, -0.1) is 0 Å². The monoisotopic (exact) mass is 446 g/mol. The van der Waals surface area contributed by atoms with E-state index in [1.54, 1.807) is 6.20 Å². The molecule has 0 N–H and O–H groups in total. The molecular weight excluding hydrogens is 423 g/mol. The van der Waals surface area contributed by atoms with E-state index in [2.05, 4.69) is 34.9 Å². The molecule has 0 radical (unpaired) electrons. The lowest BCUT2D eigenvalue weighted by Gasteiger charge is -2.23. The third-order valence-corrected chi connectivity index (χ3v) is 9.06. The van der Waals surface area contributed by atoms with E-state index < -0.39 is 7.14 Å². The summed E-state index contributed by atoms with van der Waals surface area (Å²) >= 11 is 0. The van der Waals surface area contributed by atoms with E-state index in [1.165, 1.54) is 0 Å². The first-order valence-corrected chi connectivity index (χ1v) is 12.5. The Bertz CT molecular complexity index is 1470. The first-order valence-electron chi connectivity index (χ1n) is 10.8. The molecule has 160 valence electrons. The second kappa shape index (κ2) is 8.61. The van der Waals surface area contributed by atoms with Crippen LogP contribution in [0, 0.1) is 0 Å². The lowest BCUT2D eigenvalue weighted by Crippen LogP contribution is -2.18. The van der Waals surface area contributed by atoms with E-state index in [9.17, 15) is 0 Å². The van der Waals surface area contributed by atoms with Gasteiger partial charge < -0.3 is 4.57 Å². The van der Waals surface area contributed by atoms with E-state index in [0.29, 0.717) is 16.7 Å². The van der Waals surface area contributed by atoms with Crippen molar-refractivity contribution in [1.82, 2.24) is 4.98 Å². The van der Waals surface area contributed by atoms with Gasteiger partial charge in [-0.25, -0.2) is 0 Å². The summed E-state index contributed by atoms with van der Waals surface area (Å²) in [6, 6.07) is 30.0. The Balaban J connectivity index is 1.90. The molecule has 0 bridgehead atoms. The fraction of sp³-hybridized carbons (Fsp3) is 0.0345. The maximum atomic E-state index is 15.4. The fourth-order valence-corrected chi connectivity index (χ4v) is 7.57. The third-order valence-electron chi connectivity index (χ3n) is 5.95. The van der Waals surface area contributed by atoms with Crippen LogP contribution >= 0.6 is 7.14 Å². The molecule has 1 aliphatic heterocycles. The van der Waals surface area contributed by atoms with Gasteiger partial charge in [0.2, 0.25) is 0 Å². The lowest BCUT2D eigenvalue weighted by molar-refractivity contribution is 0.591. The zero-order valence-corrected chi connectivity index (χ0v) is 19.2. The van der Waals surface area contributed by atoms with Crippen LogP contribution in [-0.4, -0.2) is 11.7 Å². The predicted octanol–water partition coefficient (Wildman–Crippen LogP) is 6.69. The van der Waals surface area contributed by atoms with Gasteiger partial charge in [-0.2, -0.15) is 0 Å². The molecule has 4 aromatic rings. The Hall–Kier alpha value is -3.81. The van der Waals surface area contributed by atoms with Crippen molar-refractivity contribution in [2.45, 2.75) is 6.92 Å². The number of benzene rings is 3. The minimum absolute atomic E-state index is 0.563. The number of rotatable bonds is 4. The Labute approximate surface area is 194 Å². The van der Waals surface area contributed by atoms with Crippen LogP contribution < -0.4 is 10.6 Å². The number of hydrogen-bond donors (Lipinski definition) is 0. The smallest absolute Gasteiger partial charge is 0.173 e. The molecular formula is C29H23N2OP. The van der Waals surface area contributed by atoms with Crippen molar-refractivity contribution >= 4 is 30.2 Å². The van der Waals surface area contributed by atoms with Crippen molar-refractivity contribution in [3.8, 4) is 22.3 Å². The molecule has 3 aromatic carbocycles. The molecule has 0 amide bonds. The summed E-state index contributed by atoms with van der Waals surface area (Å²) in [5.74, 6) is 0. The third kappa shape index (κ3) is 3.42. The van der Waals surface area contributed by atoms with E-state index >= 15 is 4.57 Å². The Morgan fingerprint density at radius 2 is 1.58 bits per heavy atom. The molecule has 5 rings (SSSR count). The zero-order valence-electron chi connectivity index (χ0n) is 18.3. The quantitative estimate of drug-likeness (QED) is 0.259. The second-order valence-electron chi connectivity index (χ2n) is 7.83. The highest BCUT2D eigenvalue weighted by Gasteiger charge is 2.39. The van der Waals surface area contributed by atoms with Gasteiger partial charge in [-0.1, -0.05) is 91.0 Å². The summed E-state index contributed by atoms with van der Waals surface area (Å²) in [5.41, 5.74) is 5.19. The second-order valence-corrected chi connectivity index (χ2v) is 10.5. The molecule has 0 fully saturated rings. The maximum Gasteiger partial charge on any atom is 0.173 e. The van der Waals surface area contributed by atoms with Crippen LogP contribution in [0.3, 0.4) is 0 Å². The first-order chi connectivity index (χ1) is 16.2. The van der Waals surface area contributed by atoms with Crippen LogP contribution in [0.5, 0.6) is 0 Å². The van der Waals surface area contributed by atoms with E-state index in [0.717, 1.165) is 32.9 Å². The molecule has 1 unspecified atom stereocenters. The molecule has 0 saturated carbocycles. The number of fused-ring (bicyclic) bond motifs is 3. The summed E-state index contributed by atoms with van der Waals surface area (Å²) in [6.07, 6.45) is 5.55. The van der Waals surface area contributed by atoms with Crippen LogP contribution in [0.1, 0.15) is 12.6 Å². The van der Waals surface area contributed by atoms with Crippen LogP contribution in [0.2, 0.25) is 0 Å². The summed E-state index contributed by atoms with van der Waals surface area (Å²) in [4.78, 5) is 9.02. The number of aliphatic imine (C=N–C) groups is 1. The molecule has 3 nitrogen and oxygen atoms in total. The number of aromatic nitrogens is 1. The number of nitrogens with zero attached hydrogens (tertiary/aromatic N) is 2. The van der Waals surface area contributed by atoms with Crippen molar-refractivity contribution in [2.75, 3.05) is 0 Å². The molecule has 33 heavy (non-hydrogen) atoms. The van der Waals surface area contributed by atoms with Gasteiger partial charge in [0.05, 0.1) is 11.4 Å². The van der Waals surface area contributed by atoms with Crippen LogP contribution in [-0.2, 0) is 4.57 Å². The molecule has 1 aromatic heterocycles. The van der Waals surface area contributed by atoms with Crippen molar-refractivity contribution in [2.24, 2.45) is 4.99 Å². The van der Waals surface area contributed by atoms with Gasteiger partial charge in [-0.05, 0) is 42.5 Å².